The summed E-state index contributed by atoms with van der Waals surface area (Å²) >= 11 is 0. The number of carbonyl (C=O) groups excluding carboxylic acids is 1. The van der Waals surface area contributed by atoms with Crippen LogP contribution in [0.1, 0.15) is 29.8 Å². The number of hydrogen-bond acceptors (Lipinski definition) is 4. The van der Waals surface area contributed by atoms with Gasteiger partial charge in [0.25, 0.3) is 0 Å². The van der Waals surface area contributed by atoms with Gasteiger partial charge in [-0.15, -0.1) is 5.10 Å². The van der Waals surface area contributed by atoms with Crippen molar-refractivity contribution in [2.45, 2.75) is 32.5 Å². The highest BCUT2D eigenvalue weighted by molar-refractivity contribution is 5.76. The van der Waals surface area contributed by atoms with Gasteiger partial charge in [-0.3, -0.25) is 4.79 Å². The van der Waals surface area contributed by atoms with E-state index in [4.69, 9.17) is 5.73 Å². The molecule has 2 heterocycles. The van der Waals surface area contributed by atoms with Crippen molar-refractivity contribution < 1.29 is 4.79 Å². The minimum absolute atomic E-state index is 0.0608. The molecule has 0 bridgehead atoms. The Morgan fingerprint density at radius 1 is 1.38 bits per heavy atom. The van der Waals surface area contributed by atoms with Gasteiger partial charge in [-0.1, -0.05) is 29.5 Å². The Morgan fingerprint density at radius 2 is 2.14 bits per heavy atom. The SMILES string of the molecule is CC(N)c1cn(CC(=O)N2CCc3ccccc3C2)nn1. The highest BCUT2D eigenvalue weighted by Crippen LogP contribution is 2.18. The lowest BCUT2D eigenvalue weighted by atomic mass is 10.00. The number of amides is 1. The first-order valence-corrected chi connectivity index (χ1v) is 7.13. The average Bonchev–Trinajstić information content (AvgIpc) is 2.95. The number of fused-ring (bicyclic) bond motifs is 1. The van der Waals surface area contributed by atoms with E-state index in [1.54, 1.807) is 10.9 Å². The van der Waals surface area contributed by atoms with Crippen molar-refractivity contribution in [1.29, 1.82) is 0 Å². The third-order valence-corrected chi connectivity index (χ3v) is 3.80. The third kappa shape index (κ3) is 2.95. The van der Waals surface area contributed by atoms with Crippen molar-refractivity contribution in [2.24, 2.45) is 5.73 Å². The lowest BCUT2D eigenvalue weighted by molar-refractivity contribution is -0.133. The standard InChI is InChI=1S/C15H19N5O/c1-11(16)14-9-20(18-17-14)10-15(21)19-7-6-12-4-2-3-5-13(12)8-19/h2-5,9,11H,6-8,10,16H2,1H3. The Balaban J connectivity index is 1.66. The Labute approximate surface area is 123 Å². The quantitative estimate of drug-likeness (QED) is 0.908. The molecule has 2 N–H and O–H groups in total. The van der Waals surface area contributed by atoms with Crippen molar-refractivity contribution in [1.82, 2.24) is 19.9 Å². The molecular weight excluding hydrogens is 266 g/mol. The second-order valence-electron chi connectivity index (χ2n) is 5.46. The van der Waals surface area contributed by atoms with Crippen molar-refractivity contribution in [3.8, 4) is 0 Å². The first-order valence-electron chi connectivity index (χ1n) is 7.13. The first-order chi connectivity index (χ1) is 10.1. The number of nitrogens with two attached hydrogens (primary N) is 1. The minimum Gasteiger partial charge on any atom is -0.336 e. The van der Waals surface area contributed by atoms with Crippen LogP contribution in [-0.4, -0.2) is 32.3 Å². The molecule has 0 saturated heterocycles. The molecule has 1 atom stereocenters. The number of hydrogen-bond donors (Lipinski definition) is 1. The van der Waals surface area contributed by atoms with Gasteiger partial charge in [0.15, 0.2) is 0 Å². The summed E-state index contributed by atoms with van der Waals surface area (Å²) in [6.07, 6.45) is 2.64. The fraction of sp³-hybridized carbons (Fsp3) is 0.400. The van der Waals surface area contributed by atoms with E-state index in [0.29, 0.717) is 12.2 Å². The van der Waals surface area contributed by atoms with E-state index in [-0.39, 0.29) is 18.5 Å². The maximum atomic E-state index is 12.4. The third-order valence-electron chi connectivity index (χ3n) is 3.80. The van der Waals surface area contributed by atoms with Gasteiger partial charge in [-0.2, -0.15) is 0 Å². The van der Waals surface area contributed by atoms with Crippen molar-refractivity contribution >= 4 is 5.91 Å². The van der Waals surface area contributed by atoms with Crippen LogP contribution in [0.15, 0.2) is 30.5 Å². The molecule has 1 amide bonds. The smallest absolute Gasteiger partial charge is 0.244 e. The summed E-state index contributed by atoms with van der Waals surface area (Å²) in [7, 11) is 0. The number of aromatic nitrogens is 3. The molecule has 110 valence electrons. The lowest BCUT2D eigenvalue weighted by Crippen LogP contribution is -2.38. The first kappa shape index (κ1) is 13.8. The second kappa shape index (κ2) is 5.65. The van der Waals surface area contributed by atoms with Crippen LogP contribution in [0.2, 0.25) is 0 Å². The van der Waals surface area contributed by atoms with E-state index in [2.05, 4.69) is 22.4 Å². The van der Waals surface area contributed by atoms with E-state index in [0.717, 1.165) is 13.0 Å². The van der Waals surface area contributed by atoms with Crippen LogP contribution >= 0.6 is 0 Å². The van der Waals surface area contributed by atoms with Crippen LogP contribution in [0.4, 0.5) is 0 Å². The van der Waals surface area contributed by atoms with Gasteiger partial charge >= 0.3 is 0 Å². The zero-order chi connectivity index (χ0) is 14.8. The number of nitrogens with zero attached hydrogens (tertiary/aromatic N) is 4. The molecular formula is C15H19N5O. The van der Waals surface area contributed by atoms with E-state index in [1.807, 2.05) is 24.0 Å². The van der Waals surface area contributed by atoms with E-state index >= 15 is 0 Å². The molecule has 1 aliphatic heterocycles. The van der Waals surface area contributed by atoms with Gasteiger partial charge in [-0.25, -0.2) is 4.68 Å². The lowest BCUT2D eigenvalue weighted by Gasteiger charge is -2.28. The molecule has 6 nitrogen and oxygen atoms in total. The van der Waals surface area contributed by atoms with Crippen LogP contribution in [0.25, 0.3) is 0 Å². The summed E-state index contributed by atoms with van der Waals surface area (Å²) in [5, 5.41) is 7.92. The Bertz CT molecular complexity index is 649. The largest absolute Gasteiger partial charge is 0.336 e. The normalized spacial score (nSPS) is 15.6. The van der Waals surface area contributed by atoms with Crippen LogP contribution in [0, 0.1) is 0 Å². The summed E-state index contributed by atoms with van der Waals surface area (Å²) in [5.41, 5.74) is 9.01. The van der Waals surface area contributed by atoms with Gasteiger partial charge in [0.05, 0.1) is 11.9 Å². The second-order valence-corrected chi connectivity index (χ2v) is 5.46. The van der Waals surface area contributed by atoms with E-state index < -0.39 is 0 Å². The van der Waals surface area contributed by atoms with Gasteiger partial charge in [0.2, 0.25) is 5.91 Å². The molecule has 1 aromatic heterocycles. The minimum atomic E-state index is -0.171. The van der Waals surface area contributed by atoms with E-state index in [1.165, 1.54) is 11.1 Å². The summed E-state index contributed by atoms with van der Waals surface area (Å²) in [4.78, 5) is 14.2. The maximum absolute atomic E-state index is 12.4. The van der Waals surface area contributed by atoms with Crippen molar-refractivity contribution in [2.75, 3.05) is 6.54 Å². The summed E-state index contributed by atoms with van der Waals surface area (Å²) < 4.78 is 1.56. The molecule has 21 heavy (non-hydrogen) atoms. The molecule has 1 unspecified atom stereocenters. The number of rotatable bonds is 3. The van der Waals surface area contributed by atoms with Gasteiger partial charge in [0.1, 0.15) is 6.54 Å². The molecule has 0 saturated carbocycles. The molecule has 1 aromatic carbocycles. The van der Waals surface area contributed by atoms with Crippen LogP contribution < -0.4 is 5.73 Å². The summed E-state index contributed by atoms with van der Waals surface area (Å²) in [5.74, 6) is 0.0608. The average molecular weight is 285 g/mol. The van der Waals surface area contributed by atoms with Crippen molar-refractivity contribution in [3.63, 3.8) is 0 Å². The molecule has 2 aromatic rings. The van der Waals surface area contributed by atoms with Gasteiger partial charge in [-0.05, 0) is 24.5 Å². The zero-order valence-electron chi connectivity index (χ0n) is 12.1. The molecule has 0 radical (unpaired) electrons. The molecule has 0 aliphatic carbocycles. The predicted octanol–water partition coefficient (Wildman–Crippen LogP) is 0.883. The van der Waals surface area contributed by atoms with Crippen LogP contribution in [0.5, 0.6) is 0 Å². The van der Waals surface area contributed by atoms with E-state index in [9.17, 15) is 4.79 Å². The monoisotopic (exact) mass is 285 g/mol. The van der Waals surface area contributed by atoms with Crippen molar-refractivity contribution in [3.05, 3.63) is 47.3 Å². The number of benzene rings is 1. The zero-order valence-corrected chi connectivity index (χ0v) is 12.1. The van der Waals surface area contributed by atoms with Gasteiger partial charge < -0.3 is 10.6 Å². The highest BCUT2D eigenvalue weighted by Gasteiger charge is 2.21. The van der Waals surface area contributed by atoms with Crippen LogP contribution in [0.3, 0.4) is 0 Å². The Morgan fingerprint density at radius 3 is 2.86 bits per heavy atom. The summed E-state index contributed by atoms with van der Waals surface area (Å²) in [6.45, 7) is 3.48. The molecule has 3 rings (SSSR count). The van der Waals surface area contributed by atoms with Gasteiger partial charge in [0, 0.05) is 19.1 Å². The van der Waals surface area contributed by atoms with Crippen LogP contribution in [-0.2, 0) is 24.3 Å². The highest BCUT2D eigenvalue weighted by atomic mass is 16.2. The fourth-order valence-electron chi connectivity index (χ4n) is 2.55. The molecule has 1 aliphatic rings. The number of carbonyl (C=O) groups is 1. The molecule has 6 heteroatoms. The summed E-state index contributed by atoms with van der Waals surface area (Å²) in [6, 6.07) is 8.10. The Hall–Kier alpha value is -2.21. The predicted molar refractivity (Wildman–Crippen MR) is 78.2 cm³/mol. The molecule has 0 spiro atoms. The molecule has 0 fully saturated rings. The fourth-order valence-corrected chi connectivity index (χ4v) is 2.55. The topological polar surface area (TPSA) is 77.0 Å². The Kier molecular flexibility index (Phi) is 3.70. The maximum Gasteiger partial charge on any atom is 0.244 e.